The Hall–Kier alpha value is -1.90. The minimum absolute atomic E-state index is 0.187. The van der Waals surface area contributed by atoms with E-state index in [0.29, 0.717) is 0 Å². The summed E-state index contributed by atoms with van der Waals surface area (Å²) in [6.07, 6.45) is 3.41. The molecule has 0 aliphatic carbocycles. The smallest absolute Gasteiger partial charge is 0.146 e. The predicted molar refractivity (Wildman–Crippen MR) is 58.8 cm³/mol. The van der Waals surface area contributed by atoms with E-state index in [4.69, 9.17) is 5.73 Å². The van der Waals surface area contributed by atoms with E-state index >= 15 is 0 Å². The number of rotatable bonds is 1. The van der Waals surface area contributed by atoms with E-state index in [0.717, 1.165) is 16.7 Å². The van der Waals surface area contributed by atoms with Crippen LogP contribution in [0.2, 0.25) is 0 Å². The Bertz CT molecular complexity index is 495. The molecule has 0 bridgehead atoms. The van der Waals surface area contributed by atoms with Crippen molar-refractivity contribution in [3.8, 4) is 11.1 Å². The lowest BCUT2D eigenvalue weighted by Crippen LogP contribution is -1.95. The summed E-state index contributed by atoms with van der Waals surface area (Å²) in [5.41, 5.74) is 8.49. The Morgan fingerprint density at radius 3 is 2.73 bits per heavy atom. The molecule has 0 spiro atoms. The number of aromatic nitrogens is 1. The lowest BCUT2D eigenvalue weighted by atomic mass is 10.0. The monoisotopic (exact) mass is 202 g/mol. The highest BCUT2D eigenvalue weighted by molar-refractivity contribution is 5.78. The van der Waals surface area contributed by atoms with Gasteiger partial charge in [0.15, 0.2) is 0 Å². The molecular weight excluding hydrogens is 191 g/mol. The third kappa shape index (κ3) is 1.68. The van der Waals surface area contributed by atoms with E-state index in [1.54, 1.807) is 24.5 Å². The first-order valence-electron chi connectivity index (χ1n) is 4.65. The largest absolute Gasteiger partial charge is 0.396 e. The molecule has 76 valence electrons. The van der Waals surface area contributed by atoms with Crippen LogP contribution in [0.1, 0.15) is 5.56 Å². The average Bonchev–Trinajstić information content (AvgIpc) is 2.23. The van der Waals surface area contributed by atoms with Crippen molar-refractivity contribution in [2.75, 3.05) is 5.73 Å². The lowest BCUT2D eigenvalue weighted by molar-refractivity contribution is 0.633. The molecule has 1 aromatic carbocycles. The fraction of sp³-hybridized carbons (Fsp3) is 0.0833. The molecule has 1 aromatic heterocycles. The SMILES string of the molecule is Cc1cnccc1-c1cccc(F)c1N. The maximum atomic E-state index is 13.3. The van der Waals surface area contributed by atoms with Crippen LogP contribution >= 0.6 is 0 Å². The van der Waals surface area contributed by atoms with Gasteiger partial charge in [-0.25, -0.2) is 4.39 Å². The maximum absolute atomic E-state index is 13.3. The van der Waals surface area contributed by atoms with E-state index in [1.165, 1.54) is 6.07 Å². The molecule has 0 saturated carbocycles. The zero-order valence-corrected chi connectivity index (χ0v) is 8.37. The van der Waals surface area contributed by atoms with Crippen LogP contribution in [0.15, 0.2) is 36.7 Å². The van der Waals surface area contributed by atoms with Gasteiger partial charge in [0.05, 0.1) is 5.69 Å². The second-order valence-electron chi connectivity index (χ2n) is 3.39. The molecule has 2 aromatic rings. The number of nitrogens with two attached hydrogens (primary N) is 1. The van der Waals surface area contributed by atoms with Crippen LogP contribution in [0.5, 0.6) is 0 Å². The van der Waals surface area contributed by atoms with Gasteiger partial charge in [-0.1, -0.05) is 12.1 Å². The zero-order valence-electron chi connectivity index (χ0n) is 8.37. The summed E-state index contributed by atoms with van der Waals surface area (Å²) in [5.74, 6) is -0.385. The van der Waals surface area contributed by atoms with Gasteiger partial charge in [-0.3, -0.25) is 4.98 Å². The summed E-state index contributed by atoms with van der Waals surface area (Å²) >= 11 is 0. The molecular formula is C12H11FN2. The van der Waals surface area contributed by atoms with Crippen molar-refractivity contribution in [1.29, 1.82) is 0 Å². The summed E-state index contributed by atoms with van der Waals surface area (Å²) in [6, 6.07) is 6.65. The topological polar surface area (TPSA) is 38.9 Å². The molecule has 0 aliphatic rings. The van der Waals surface area contributed by atoms with Gasteiger partial charge in [-0.2, -0.15) is 0 Å². The number of anilines is 1. The standard InChI is InChI=1S/C12H11FN2/c1-8-7-15-6-5-9(8)10-3-2-4-11(13)12(10)14/h2-7H,14H2,1H3. The van der Waals surface area contributed by atoms with Crippen molar-refractivity contribution >= 4 is 5.69 Å². The molecule has 0 unspecified atom stereocenters. The molecule has 2 N–H and O–H groups in total. The number of nitrogen functional groups attached to an aromatic ring is 1. The highest BCUT2D eigenvalue weighted by Gasteiger charge is 2.08. The third-order valence-corrected chi connectivity index (χ3v) is 2.36. The van der Waals surface area contributed by atoms with Crippen molar-refractivity contribution in [3.63, 3.8) is 0 Å². The number of benzene rings is 1. The van der Waals surface area contributed by atoms with Crippen LogP contribution in [0.25, 0.3) is 11.1 Å². The minimum Gasteiger partial charge on any atom is -0.396 e. The van der Waals surface area contributed by atoms with Crippen LogP contribution in [-0.2, 0) is 0 Å². The minimum atomic E-state index is -0.385. The zero-order chi connectivity index (χ0) is 10.8. The first-order chi connectivity index (χ1) is 7.20. The van der Waals surface area contributed by atoms with Crippen molar-refractivity contribution < 1.29 is 4.39 Å². The second-order valence-corrected chi connectivity index (χ2v) is 3.39. The van der Waals surface area contributed by atoms with Crippen molar-refractivity contribution in [2.45, 2.75) is 6.92 Å². The number of nitrogens with zero attached hydrogens (tertiary/aromatic N) is 1. The average molecular weight is 202 g/mol. The maximum Gasteiger partial charge on any atom is 0.146 e. The number of hydrogen-bond donors (Lipinski definition) is 1. The van der Waals surface area contributed by atoms with Gasteiger partial charge in [-0.05, 0) is 30.2 Å². The number of hydrogen-bond acceptors (Lipinski definition) is 2. The van der Waals surface area contributed by atoms with Gasteiger partial charge in [0.2, 0.25) is 0 Å². The van der Waals surface area contributed by atoms with E-state index in [-0.39, 0.29) is 11.5 Å². The van der Waals surface area contributed by atoms with Gasteiger partial charge in [0.25, 0.3) is 0 Å². The molecule has 2 rings (SSSR count). The number of aryl methyl sites for hydroxylation is 1. The second kappa shape index (κ2) is 3.69. The third-order valence-electron chi connectivity index (χ3n) is 2.36. The Labute approximate surface area is 87.6 Å². The molecule has 0 aliphatic heterocycles. The van der Waals surface area contributed by atoms with Gasteiger partial charge < -0.3 is 5.73 Å². The molecule has 3 heteroatoms. The van der Waals surface area contributed by atoms with E-state index < -0.39 is 0 Å². The van der Waals surface area contributed by atoms with Gasteiger partial charge >= 0.3 is 0 Å². The first-order valence-corrected chi connectivity index (χ1v) is 4.65. The lowest BCUT2D eigenvalue weighted by Gasteiger charge is -2.08. The Balaban J connectivity index is 2.65. The highest BCUT2D eigenvalue weighted by atomic mass is 19.1. The number of para-hydroxylation sites is 1. The normalized spacial score (nSPS) is 10.3. The molecule has 2 nitrogen and oxygen atoms in total. The number of halogens is 1. The van der Waals surface area contributed by atoms with Crippen LogP contribution in [-0.4, -0.2) is 4.98 Å². The Morgan fingerprint density at radius 2 is 2.00 bits per heavy atom. The molecule has 0 radical (unpaired) electrons. The summed E-state index contributed by atoms with van der Waals surface area (Å²) in [4.78, 5) is 3.99. The Morgan fingerprint density at radius 1 is 1.20 bits per heavy atom. The van der Waals surface area contributed by atoms with Crippen molar-refractivity contribution in [2.24, 2.45) is 0 Å². The number of pyridine rings is 1. The molecule has 0 amide bonds. The van der Waals surface area contributed by atoms with Crippen LogP contribution < -0.4 is 5.73 Å². The van der Waals surface area contributed by atoms with Gasteiger partial charge in [-0.15, -0.1) is 0 Å². The quantitative estimate of drug-likeness (QED) is 0.722. The summed E-state index contributed by atoms with van der Waals surface area (Å²) in [5, 5.41) is 0. The van der Waals surface area contributed by atoms with Crippen LogP contribution in [0, 0.1) is 12.7 Å². The fourth-order valence-electron chi connectivity index (χ4n) is 1.55. The van der Waals surface area contributed by atoms with E-state index in [1.807, 2.05) is 13.0 Å². The summed E-state index contributed by atoms with van der Waals surface area (Å²) < 4.78 is 13.3. The molecule has 1 heterocycles. The highest BCUT2D eigenvalue weighted by Crippen LogP contribution is 2.29. The van der Waals surface area contributed by atoms with Crippen molar-refractivity contribution in [1.82, 2.24) is 4.98 Å². The van der Waals surface area contributed by atoms with Crippen LogP contribution in [0.4, 0.5) is 10.1 Å². The molecule has 0 fully saturated rings. The molecule has 0 atom stereocenters. The van der Waals surface area contributed by atoms with E-state index in [9.17, 15) is 4.39 Å². The van der Waals surface area contributed by atoms with Crippen molar-refractivity contribution in [3.05, 3.63) is 48.0 Å². The summed E-state index contributed by atoms with van der Waals surface area (Å²) in [7, 11) is 0. The van der Waals surface area contributed by atoms with Gasteiger partial charge in [0, 0.05) is 18.0 Å². The fourth-order valence-corrected chi connectivity index (χ4v) is 1.55. The Kier molecular flexibility index (Phi) is 2.37. The molecule has 15 heavy (non-hydrogen) atoms. The predicted octanol–water partition coefficient (Wildman–Crippen LogP) is 2.78. The summed E-state index contributed by atoms with van der Waals surface area (Å²) in [6.45, 7) is 1.92. The van der Waals surface area contributed by atoms with Crippen LogP contribution in [0.3, 0.4) is 0 Å². The first kappa shape index (κ1) is 9.65. The molecule has 0 saturated heterocycles. The van der Waals surface area contributed by atoms with E-state index in [2.05, 4.69) is 4.98 Å². The van der Waals surface area contributed by atoms with Gasteiger partial charge in [0.1, 0.15) is 5.82 Å².